The third-order valence-corrected chi connectivity index (χ3v) is 6.66. The molecule has 0 fully saturated rings. The summed E-state index contributed by atoms with van der Waals surface area (Å²) >= 11 is 0. The number of rotatable bonds is 4. The highest BCUT2D eigenvalue weighted by molar-refractivity contribution is 5.95. The summed E-state index contributed by atoms with van der Waals surface area (Å²) in [6.45, 7) is 5.27. The molecule has 5 nitrogen and oxygen atoms in total. The summed E-state index contributed by atoms with van der Waals surface area (Å²) in [4.78, 5) is 28.2. The Labute approximate surface area is 183 Å². The summed E-state index contributed by atoms with van der Waals surface area (Å²) < 4.78 is 6.13. The summed E-state index contributed by atoms with van der Waals surface area (Å²) in [5.74, 6) is 0.198. The van der Waals surface area contributed by atoms with Gasteiger partial charge in [0.05, 0.1) is 0 Å². The summed E-state index contributed by atoms with van der Waals surface area (Å²) in [6, 6.07) is 17.8. The first-order chi connectivity index (χ1) is 15.0. The fourth-order valence-electron chi connectivity index (χ4n) is 5.29. The van der Waals surface area contributed by atoms with Crippen molar-refractivity contribution in [1.82, 2.24) is 4.90 Å². The highest BCUT2D eigenvalue weighted by Crippen LogP contribution is 2.48. The van der Waals surface area contributed by atoms with Crippen LogP contribution in [0.1, 0.15) is 37.8 Å². The van der Waals surface area contributed by atoms with E-state index in [1.54, 1.807) is 0 Å². The first-order valence-corrected chi connectivity index (χ1v) is 11.1. The molecule has 0 saturated heterocycles. The van der Waals surface area contributed by atoms with E-state index < -0.39 is 5.60 Å². The third kappa shape index (κ3) is 3.32. The number of nitrogens with one attached hydrogen (secondary N) is 1. The van der Waals surface area contributed by atoms with E-state index in [-0.39, 0.29) is 17.9 Å². The molecule has 160 valence electrons. The van der Waals surface area contributed by atoms with E-state index in [2.05, 4.69) is 25.2 Å². The topological polar surface area (TPSA) is 58.6 Å². The maximum absolute atomic E-state index is 13.4. The zero-order valence-corrected chi connectivity index (χ0v) is 18.1. The SMILES string of the molecule is CC(C)CC1(c2ccccc2)OC(=O)C2=C1CN(C(=O)C1Cc3ccccc3N1)CC2. The number of carbonyl (C=O) groups excluding carboxylic acids is 2. The van der Waals surface area contributed by atoms with Crippen molar-refractivity contribution in [3.05, 3.63) is 76.9 Å². The van der Waals surface area contributed by atoms with Gasteiger partial charge in [-0.2, -0.15) is 0 Å². The quantitative estimate of drug-likeness (QED) is 0.764. The number of ether oxygens (including phenoxy) is 1. The van der Waals surface area contributed by atoms with Gasteiger partial charge in [-0.3, -0.25) is 4.79 Å². The Morgan fingerprint density at radius 2 is 1.90 bits per heavy atom. The predicted octanol–water partition coefficient (Wildman–Crippen LogP) is 4.05. The van der Waals surface area contributed by atoms with E-state index in [9.17, 15) is 9.59 Å². The molecule has 3 aliphatic heterocycles. The van der Waals surface area contributed by atoms with Gasteiger partial charge in [0.25, 0.3) is 0 Å². The zero-order chi connectivity index (χ0) is 21.6. The Morgan fingerprint density at radius 3 is 2.65 bits per heavy atom. The molecule has 0 radical (unpaired) electrons. The smallest absolute Gasteiger partial charge is 0.335 e. The van der Waals surface area contributed by atoms with Crippen molar-refractivity contribution in [2.75, 3.05) is 18.4 Å². The Morgan fingerprint density at radius 1 is 1.16 bits per heavy atom. The zero-order valence-electron chi connectivity index (χ0n) is 18.1. The van der Waals surface area contributed by atoms with E-state index in [4.69, 9.17) is 4.74 Å². The lowest BCUT2D eigenvalue weighted by molar-refractivity contribution is -0.149. The molecule has 2 aromatic rings. The lowest BCUT2D eigenvalue weighted by atomic mass is 9.77. The Kier molecular flexibility index (Phi) is 4.84. The fourth-order valence-corrected chi connectivity index (χ4v) is 5.29. The van der Waals surface area contributed by atoms with Crippen LogP contribution in [0.25, 0.3) is 0 Å². The van der Waals surface area contributed by atoms with Crippen LogP contribution >= 0.6 is 0 Å². The highest BCUT2D eigenvalue weighted by atomic mass is 16.6. The van der Waals surface area contributed by atoms with Gasteiger partial charge in [0, 0.05) is 36.3 Å². The molecule has 0 aromatic heterocycles. The normalized spacial score (nSPS) is 24.7. The molecule has 2 unspecified atom stereocenters. The van der Waals surface area contributed by atoms with Gasteiger partial charge in [-0.15, -0.1) is 0 Å². The van der Waals surface area contributed by atoms with Crippen LogP contribution in [0.3, 0.4) is 0 Å². The molecule has 31 heavy (non-hydrogen) atoms. The van der Waals surface area contributed by atoms with Gasteiger partial charge in [-0.1, -0.05) is 62.4 Å². The molecule has 3 heterocycles. The average Bonchev–Trinajstić information content (AvgIpc) is 3.33. The predicted molar refractivity (Wildman–Crippen MR) is 119 cm³/mol. The van der Waals surface area contributed by atoms with Crippen molar-refractivity contribution < 1.29 is 14.3 Å². The molecule has 0 spiro atoms. The number of nitrogens with zero attached hydrogens (tertiary/aromatic N) is 1. The van der Waals surface area contributed by atoms with E-state index in [0.29, 0.717) is 38.3 Å². The van der Waals surface area contributed by atoms with Crippen LogP contribution in [0, 0.1) is 5.92 Å². The van der Waals surface area contributed by atoms with E-state index in [1.165, 1.54) is 5.56 Å². The number of para-hydroxylation sites is 1. The minimum Gasteiger partial charge on any atom is -0.446 e. The molecule has 0 bridgehead atoms. The Bertz CT molecular complexity index is 1030. The number of benzene rings is 2. The Hall–Kier alpha value is -3.08. The summed E-state index contributed by atoms with van der Waals surface area (Å²) in [6.07, 6.45) is 1.95. The van der Waals surface area contributed by atoms with Gasteiger partial charge in [0.1, 0.15) is 6.04 Å². The van der Waals surface area contributed by atoms with Gasteiger partial charge in [0.15, 0.2) is 5.60 Å². The first kappa shape index (κ1) is 19.9. The van der Waals surface area contributed by atoms with Crippen molar-refractivity contribution >= 4 is 17.6 Å². The van der Waals surface area contributed by atoms with Gasteiger partial charge in [-0.05, 0) is 36.0 Å². The monoisotopic (exact) mass is 416 g/mol. The maximum atomic E-state index is 13.4. The molecule has 1 amide bonds. The van der Waals surface area contributed by atoms with Crippen LogP contribution in [0.5, 0.6) is 0 Å². The van der Waals surface area contributed by atoms with Crippen LogP contribution in [0.4, 0.5) is 5.69 Å². The van der Waals surface area contributed by atoms with Crippen molar-refractivity contribution in [3.63, 3.8) is 0 Å². The molecule has 3 aliphatic rings. The second kappa shape index (κ2) is 7.56. The third-order valence-electron chi connectivity index (χ3n) is 6.66. The number of carbonyl (C=O) groups is 2. The van der Waals surface area contributed by atoms with Gasteiger partial charge in [0.2, 0.25) is 5.91 Å². The van der Waals surface area contributed by atoms with Gasteiger partial charge >= 0.3 is 5.97 Å². The molecule has 0 aliphatic carbocycles. The molecule has 5 rings (SSSR count). The molecule has 1 N–H and O–H groups in total. The number of anilines is 1. The van der Waals surface area contributed by atoms with E-state index in [0.717, 1.165) is 22.4 Å². The molecule has 0 saturated carbocycles. The van der Waals surface area contributed by atoms with Crippen molar-refractivity contribution in [2.45, 2.75) is 44.8 Å². The molecule has 2 aromatic carbocycles. The number of amides is 1. The number of fused-ring (bicyclic) bond motifs is 1. The number of hydrogen-bond acceptors (Lipinski definition) is 4. The number of hydrogen-bond donors (Lipinski definition) is 1. The Balaban J connectivity index is 1.45. The van der Waals surface area contributed by atoms with Crippen LogP contribution in [-0.2, 0) is 26.3 Å². The number of cyclic esters (lactones) is 1. The summed E-state index contributed by atoms with van der Waals surface area (Å²) in [7, 11) is 0. The molecular formula is C26H28N2O3. The van der Waals surface area contributed by atoms with Crippen molar-refractivity contribution in [2.24, 2.45) is 5.92 Å². The second-order valence-corrected chi connectivity index (χ2v) is 9.21. The van der Waals surface area contributed by atoms with Crippen LogP contribution in [0.2, 0.25) is 0 Å². The van der Waals surface area contributed by atoms with Gasteiger partial charge in [-0.25, -0.2) is 4.79 Å². The van der Waals surface area contributed by atoms with Crippen LogP contribution < -0.4 is 5.32 Å². The largest absolute Gasteiger partial charge is 0.446 e. The lowest BCUT2D eigenvalue weighted by Gasteiger charge is -2.37. The lowest BCUT2D eigenvalue weighted by Crippen LogP contribution is -2.47. The minimum absolute atomic E-state index is 0.0913. The van der Waals surface area contributed by atoms with Gasteiger partial charge < -0.3 is 15.0 Å². The summed E-state index contributed by atoms with van der Waals surface area (Å²) in [5.41, 5.74) is 4.14. The fraction of sp³-hybridized carbons (Fsp3) is 0.385. The standard InChI is InChI=1S/C26H28N2O3/c1-17(2)15-26(19-9-4-3-5-10-19)21-16-28(13-12-20(21)25(30)31-26)24(29)23-14-18-8-6-7-11-22(18)27-23/h3-11,17,23,27H,12-16H2,1-2H3. The van der Waals surface area contributed by atoms with Crippen LogP contribution in [0.15, 0.2) is 65.7 Å². The average molecular weight is 417 g/mol. The summed E-state index contributed by atoms with van der Waals surface area (Å²) in [5, 5.41) is 3.38. The molecular weight excluding hydrogens is 388 g/mol. The van der Waals surface area contributed by atoms with Crippen LogP contribution in [-0.4, -0.2) is 35.9 Å². The first-order valence-electron chi connectivity index (χ1n) is 11.1. The molecule has 2 atom stereocenters. The number of esters is 1. The van der Waals surface area contributed by atoms with Crippen molar-refractivity contribution in [3.8, 4) is 0 Å². The minimum atomic E-state index is -0.785. The van der Waals surface area contributed by atoms with E-state index in [1.807, 2.05) is 53.4 Å². The molecule has 5 heteroatoms. The second-order valence-electron chi connectivity index (χ2n) is 9.21. The maximum Gasteiger partial charge on any atom is 0.335 e. The van der Waals surface area contributed by atoms with Crippen molar-refractivity contribution in [1.29, 1.82) is 0 Å². The highest BCUT2D eigenvalue weighted by Gasteiger charge is 2.51. The van der Waals surface area contributed by atoms with E-state index >= 15 is 0 Å².